The minimum absolute atomic E-state index is 0.247. The summed E-state index contributed by atoms with van der Waals surface area (Å²) >= 11 is 0. The highest BCUT2D eigenvalue weighted by atomic mass is 32.2. The molecule has 2 aromatic rings. The van der Waals surface area contributed by atoms with Gasteiger partial charge in [0, 0.05) is 11.3 Å². The van der Waals surface area contributed by atoms with E-state index in [0.717, 1.165) is 5.56 Å². The van der Waals surface area contributed by atoms with Crippen LogP contribution in [0.15, 0.2) is 47.4 Å². The molecule has 0 spiro atoms. The number of carbonyl (C=O) groups is 1. The van der Waals surface area contributed by atoms with Crippen molar-refractivity contribution >= 4 is 21.4 Å². The smallest absolute Gasteiger partial charge is 0.246 e. The second-order valence-corrected chi connectivity index (χ2v) is 9.38. The summed E-state index contributed by atoms with van der Waals surface area (Å²) in [6, 6.07) is 12.2. The van der Waals surface area contributed by atoms with Gasteiger partial charge in [-0.25, -0.2) is 8.42 Å². The Labute approximate surface area is 160 Å². The molecule has 1 fully saturated rings. The van der Waals surface area contributed by atoms with E-state index in [0.29, 0.717) is 42.5 Å². The number of anilines is 1. The number of nitrogens with one attached hydrogen (secondary N) is 1. The van der Waals surface area contributed by atoms with Gasteiger partial charge in [0.1, 0.15) is 0 Å². The molecule has 1 amide bonds. The maximum absolute atomic E-state index is 13.6. The maximum Gasteiger partial charge on any atom is 0.246 e. The Balaban J connectivity index is 2.04. The van der Waals surface area contributed by atoms with Crippen LogP contribution >= 0.6 is 0 Å². The molecule has 0 bridgehead atoms. The van der Waals surface area contributed by atoms with Gasteiger partial charge in [0.2, 0.25) is 5.91 Å². The molecule has 0 unspecified atom stereocenters. The van der Waals surface area contributed by atoms with Crippen molar-refractivity contribution in [2.45, 2.75) is 49.2 Å². The molecule has 3 rings (SSSR count). The molecule has 1 saturated carbocycles. The van der Waals surface area contributed by atoms with Crippen molar-refractivity contribution in [2.75, 3.05) is 5.32 Å². The van der Waals surface area contributed by atoms with E-state index in [1.807, 2.05) is 13.0 Å². The molecule has 0 saturated heterocycles. The SMILES string of the molecule is C#Cc1cccc(NC(=O)C2(S(=O)(=O)c3cc(C)ccc3C)CCCC2)c1. The third-order valence-corrected chi connectivity index (χ3v) is 7.90. The zero-order valence-electron chi connectivity index (χ0n) is 15.6. The largest absolute Gasteiger partial charge is 0.325 e. The van der Waals surface area contributed by atoms with E-state index < -0.39 is 20.5 Å². The molecule has 27 heavy (non-hydrogen) atoms. The van der Waals surface area contributed by atoms with Crippen LogP contribution in [-0.4, -0.2) is 19.1 Å². The van der Waals surface area contributed by atoms with Crippen molar-refractivity contribution in [1.82, 2.24) is 0 Å². The van der Waals surface area contributed by atoms with Crippen LogP contribution in [0.1, 0.15) is 42.4 Å². The van der Waals surface area contributed by atoms with Gasteiger partial charge in [-0.15, -0.1) is 6.42 Å². The molecule has 1 aliphatic carbocycles. The van der Waals surface area contributed by atoms with Crippen LogP contribution in [0.4, 0.5) is 5.69 Å². The number of benzene rings is 2. The minimum Gasteiger partial charge on any atom is -0.325 e. The van der Waals surface area contributed by atoms with Crippen LogP contribution in [0.2, 0.25) is 0 Å². The Morgan fingerprint density at radius 1 is 1.11 bits per heavy atom. The summed E-state index contributed by atoms with van der Waals surface area (Å²) in [5, 5.41) is 2.80. The van der Waals surface area contributed by atoms with E-state index in [1.165, 1.54) is 0 Å². The average Bonchev–Trinajstić information content (AvgIpc) is 3.15. The van der Waals surface area contributed by atoms with E-state index in [1.54, 1.807) is 43.3 Å². The van der Waals surface area contributed by atoms with Crippen LogP contribution in [0, 0.1) is 26.2 Å². The number of hydrogen-bond donors (Lipinski definition) is 1. The van der Waals surface area contributed by atoms with Crippen molar-refractivity contribution in [2.24, 2.45) is 0 Å². The number of terminal acetylenes is 1. The second kappa shape index (κ2) is 7.21. The Morgan fingerprint density at radius 3 is 2.48 bits per heavy atom. The van der Waals surface area contributed by atoms with Crippen molar-refractivity contribution in [3.63, 3.8) is 0 Å². The summed E-state index contributed by atoms with van der Waals surface area (Å²) < 4.78 is 25.7. The van der Waals surface area contributed by atoms with E-state index in [9.17, 15) is 13.2 Å². The third kappa shape index (κ3) is 3.38. The average molecular weight is 381 g/mol. The number of aryl methyl sites for hydroxylation is 2. The number of amides is 1. The first kappa shape index (κ1) is 19.2. The van der Waals surface area contributed by atoms with Gasteiger partial charge >= 0.3 is 0 Å². The van der Waals surface area contributed by atoms with Crippen molar-refractivity contribution in [3.05, 3.63) is 59.2 Å². The molecule has 0 radical (unpaired) electrons. The Hall–Kier alpha value is -2.58. The van der Waals surface area contributed by atoms with E-state index in [-0.39, 0.29) is 4.90 Å². The molecule has 2 aromatic carbocycles. The minimum atomic E-state index is -3.84. The summed E-state index contributed by atoms with van der Waals surface area (Å²) in [4.78, 5) is 13.5. The summed E-state index contributed by atoms with van der Waals surface area (Å²) in [6.45, 7) is 3.62. The molecule has 0 aliphatic heterocycles. The summed E-state index contributed by atoms with van der Waals surface area (Å²) in [6.07, 6.45) is 7.48. The number of hydrogen-bond acceptors (Lipinski definition) is 3. The van der Waals surface area contributed by atoms with Crippen molar-refractivity contribution in [1.29, 1.82) is 0 Å². The fourth-order valence-electron chi connectivity index (χ4n) is 3.70. The third-order valence-electron chi connectivity index (χ3n) is 5.26. The van der Waals surface area contributed by atoms with E-state index in [4.69, 9.17) is 6.42 Å². The molecule has 1 N–H and O–H groups in total. The highest BCUT2D eigenvalue weighted by molar-refractivity contribution is 7.93. The fraction of sp³-hybridized carbons (Fsp3) is 0.318. The first-order valence-electron chi connectivity index (χ1n) is 9.00. The molecule has 0 heterocycles. The van der Waals surface area contributed by atoms with Gasteiger partial charge in [-0.2, -0.15) is 0 Å². The first-order valence-corrected chi connectivity index (χ1v) is 10.5. The quantitative estimate of drug-likeness (QED) is 0.814. The predicted molar refractivity (Wildman–Crippen MR) is 107 cm³/mol. The molecular weight excluding hydrogens is 358 g/mol. The first-order chi connectivity index (χ1) is 12.8. The van der Waals surface area contributed by atoms with Gasteiger partial charge in [-0.1, -0.05) is 37.0 Å². The van der Waals surface area contributed by atoms with E-state index >= 15 is 0 Å². The molecule has 1 aliphatic rings. The van der Waals surface area contributed by atoms with Crippen molar-refractivity contribution < 1.29 is 13.2 Å². The van der Waals surface area contributed by atoms with E-state index in [2.05, 4.69) is 11.2 Å². The lowest BCUT2D eigenvalue weighted by atomic mass is 10.1. The monoisotopic (exact) mass is 381 g/mol. The standard InChI is InChI=1S/C22H23NO3S/c1-4-18-8-7-9-19(15-18)23-21(24)22(12-5-6-13-22)27(25,26)20-14-16(2)10-11-17(20)3/h1,7-11,14-15H,5-6,12-13H2,2-3H3,(H,23,24). The lowest BCUT2D eigenvalue weighted by Gasteiger charge is -2.28. The van der Waals surface area contributed by atoms with Gasteiger partial charge in [0.15, 0.2) is 14.6 Å². The zero-order chi connectivity index (χ0) is 19.7. The maximum atomic E-state index is 13.6. The molecule has 4 nitrogen and oxygen atoms in total. The molecule has 0 atom stereocenters. The predicted octanol–water partition coefficient (Wildman–Crippen LogP) is 4.01. The fourth-order valence-corrected chi connectivity index (χ4v) is 6.08. The molecular formula is C22H23NO3S. The molecule has 5 heteroatoms. The van der Waals surface area contributed by atoms with Gasteiger partial charge < -0.3 is 5.32 Å². The Kier molecular flexibility index (Phi) is 5.12. The summed E-state index contributed by atoms with van der Waals surface area (Å²) in [5.41, 5.74) is 2.66. The topological polar surface area (TPSA) is 63.2 Å². The lowest BCUT2D eigenvalue weighted by Crippen LogP contribution is -2.47. The molecule has 0 aromatic heterocycles. The van der Waals surface area contributed by atoms with Gasteiger partial charge in [0.25, 0.3) is 0 Å². The highest BCUT2D eigenvalue weighted by Gasteiger charge is 2.53. The second-order valence-electron chi connectivity index (χ2n) is 7.15. The van der Waals surface area contributed by atoms with Gasteiger partial charge in [-0.05, 0) is 62.1 Å². The number of sulfone groups is 1. The van der Waals surface area contributed by atoms with Crippen LogP contribution in [0.5, 0.6) is 0 Å². The zero-order valence-corrected chi connectivity index (χ0v) is 16.4. The number of rotatable bonds is 4. The Morgan fingerprint density at radius 2 is 1.81 bits per heavy atom. The highest BCUT2D eigenvalue weighted by Crippen LogP contribution is 2.42. The van der Waals surface area contributed by atoms with Crippen LogP contribution in [0.3, 0.4) is 0 Å². The number of carbonyl (C=O) groups excluding carboxylic acids is 1. The molecule has 140 valence electrons. The summed E-state index contributed by atoms with van der Waals surface area (Å²) in [7, 11) is -3.84. The Bertz CT molecular complexity index is 1030. The normalized spacial score (nSPS) is 15.9. The van der Waals surface area contributed by atoms with Gasteiger partial charge in [-0.3, -0.25) is 4.79 Å². The van der Waals surface area contributed by atoms with Gasteiger partial charge in [0.05, 0.1) is 4.90 Å². The van der Waals surface area contributed by atoms with Crippen molar-refractivity contribution in [3.8, 4) is 12.3 Å². The van der Waals surface area contributed by atoms with Crippen LogP contribution < -0.4 is 5.32 Å². The van der Waals surface area contributed by atoms with Crippen LogP contribution in [0.25, 0.3) is 0 Å². The summed E-state index contributed by atoms with van der Waals surface area (Å²) in [5.74, 6) is 2.04. The lowest BCUT2D eigenvalue weighted by molar-refractivity contribution is -0.118. The van der Waals surface area contributed by atoms with Crippen LogP contribution in [-0.2, 0) is 14.6 Å².